The van der Waals surface area contributed by atoms with Gasteiger partial charge in [0.15, 0.2) is 23.0 Å². The molecule has 0 radical (unpaired) electrons. The van der Waals surface area contributed by atoms with Crippen LogP contribution < -0.4 is 18.9 Å². The van der Waals surface area contributed by atoms with Gasteiger partial charge < -0.3 is 18.9 Å². The summed E-state index contributed by atoms with van der Waals surface area (Å²) in [5.41, 5.74) is 2.55. The van der Waals surface area contributed by atoms with Crippen molar-refractivity contribution in [3.63, 3.8) is 0 Å². The first-order valence-electron chi connectivity index (χ1n) is 14.9. The highest BCUT2D eigenvalue weighted by Crippen LogP contribution is 2.29. The molecule has 0 aliphatic carbocycles. The van der Waals surface area contributed by atoms with Gasteiger partial charge in [-0.25, -0.2) is 0 Å². The van der Waals surface area contributed by atoms with Gasteiger partial charge in [0.25, 0.3) is 0 Å². The molecule has 2 aromatic heterocycles. The zero-order valence-electron chi connectivity index (χ0n) is 25.4. The second kappa shape index (κ2) is 17.4. The lowest BCUT2D eigenvalue weighted by Crippen LogP contribution is -2.00. The first-order chi connectivity index (χ1) is 21.6. The summed E-state index contributed by atoms with van der Waals surface area (Å²) in [4.78, 5) is 21.9. The monoisotopic (exact) mass is 604 g/mol. The predicted octanol–water partition coefficient (Wildman–Crippen LogP) is 5.49. The van der Waals surface area contributed by atoms with Crippen molar-refractivity contribution in [3.05, 3.63) is 71.3 Å². The minimum absolute atomic E-state index is 0.276. The number of unbranched alkanes of at least 4 members (excludes halogenated alkanes) is 7. The summed E-state index contributed by atoms with van der Waals surface area (Å²) in [7, 11) is 3.08. The van der Waals surface area contributed by atoms with Crippen LogP contribution in [-0.2, 0) is 26.3 Å². The molecule has 12 heteroatoms. The van der Waals surface area contributed by atoms with Gasteiger partial charge in [0.1, 0.15) is 37.2 Å². The third-order valence-electron chi connectivity index (χ3n) is 7.10. The van der Waals surface area contributed by atoms with Crippen LogP contribution in [-0.4, -0.2) is 56.8 Å². The molecule has 0 aliphatic heterocycles. The SMILES string of the molecule is COc1cc(C=O)ccc1OCc1cn(CCCCCCCCCCn2cc(COc3ccc(C=O)cc3OC)nn2)nn1. The van der Waals surface area contributed by atoms with E-state index in [1.165, 1.54) is 25.7 Å². The van der Waals surface area contributed by atoms with Crippen molar-refractivity contribution in [3.8, 4) is 23.0 Å². The van der Waals surface area contributed by atoms with Crippen molar-refractivity contribution < 1.29 is 28.5 Å². The lowest BCUT2D eigenvalue weighted by atomic mass is 10.1. The van der Waals surface area contributed by atoms with Crippen LogP contribution in [0.25, 0.3) is 0 Å². The molecule has 0 saturated heterocycles. The number of benzene rings is 2. The molecule has 234 valence electrons. The predicted molar refractivity (Wildman–Crippen MR) is 162 cm³/mol. The maximum absolute atomic E-state index is 10.9. The number of methoxy groups -OCH3 is 2. The van der Waals surface area contributed by atoms with Gasteiger partial charge in [0.05, 0.1) is 26.6 Å². The quantitative estimate of drug-likeness (QED) is 0.0888. The molecular formula is C32H40N6O6. The van der Waals surface area contributed by atoms with E-state index in [1.807, 2.05) is 21.8 Å². The first kappa shape index (κ1) is 32.2. The van der Waals surface area contributed by atoms with Crippen molar-refractivity contribution in [1.29, 1.82) is 0 Å². The molecular weight excluding hydrogens is 564 g/mol. The van der Waals surface area contributed by atoms with Gasteiger partial charge >= 0.3 is 0 Å². The number of rotatable bonds is 21. The number of aldehydes is 2. The lowest BCUT2D eigenvalue weighted by Gasteiger charge is -2.09. The molecule has 0 unspecified atom stereocenters. The van der Waals surface area contributed by atoms with Gasteiger partial charge in [-0.15, -0.1) is 10.2 Å². The van der Waals surface area contributed by atoms with Gasteiger partial charge in [-0.1, -0.05) is 49.0 Å². The molecule has 0 spiro atoms. The van der Waals surface area contributed by atoms with Crippen LogP contribution in [0.1, 0.15) is 83.5 Å². The molecule has 4 rings (SSSR count). The molecule has 0 atom stereocenters. The van der Waals surface area contributed by atoms with E-state index in [1.54, 1.807) is 50.6 Å². The molecule has 4 aromatic rings. The second-order valence-electron chi connectivity index (χ2n) is 10.4. The Morgan fingerprint density at radius 1 is 0.591 bits per heavy atom. The molecule has 12 nitrogen and oxygen atoms in total. The van der Waals surface area contributed by atoms with E-state index in [-0.39, 0.29) is 13.2 Å². The van der Waals surface area contributed by atoms with E-state index in [4.69, 9.17) is 18.9 Å². The molecule has 0 saturated carbocycles. The Balaban J connectivity index is 1.02. The van der Waals surface area contributed by atoms with Crippen LogP contribution in [0.5, 0.6) is 23.0 Å². The fourth-order valence-electron chi connectivity index (χ4n) is 4.69. The number of carbonyl (C=O) groups is 2. The minimum atomic E-state index is 0.276. The smallest absolute Gasteiger partial charge is 0.161 e. The van der Waals surface area contributed by atoms with E-state index in [0.717, 1.165) is 62.7 Å². The number of hydrogen-bond donors (Lipinski definition) is 0. The van der Waals surface area contributed by atoms with E-state index >= 15 is 0 Å². The van der Waals surface area contributed by atoms with Crippen molar-refractivity contribution in [2.75, 3.05) is 14.2 Å². The Kier molecular flexibility index (Phi) is 12.7. The number of hydrogen-bond acceptors (Lipinski definition) is 10. The topological polar surface area (TPSA) is 132 Å². The van der Waals surface area contributed by atoms with Gasteiger partial charge in [-0.05, 0) is 49.2 Å². The number of ether oxygens (including phenoxy) is 4. The Labute approximate surface area is 257 Å². The van der Waals surface area contributed by atoms with Gasteiger partial charge in [0, 0.05) is 24.2 Å². The largest absolute Gasteiger partial charge is 0.493 e. The average molecular weight is 605 g/mol. The van der Waals surface area contributed by atoms with E-state index in [2.05, 4.69) is 20.6 Å². The Morgan fingerprint density at radius 3 is 1.39 bits per heavy atom. The van der Waals surface area contributed by atoms with Crippen molar-refractivity contribution in [1.82, 2.24) is 30.0 Å². The first-order valence-corrected chi connectivity index (χ1v) is 14.9. The third-order valence-corrected chi connectivity index (χ3v) is 7.10. The van der Waals surface area contributed by atoms with Crippen molar-refractivity contribution in [2.45, 2.75) is 77.7 Å². The third kappa shape index (κ3) is 9.92. The van der Waals surface area contributed by atoms with Crippen LogP contribution in [0.4, 0.5) is 0 Å². The maximum atomic E-state index is 10.9. The number of aryl methyl sites for hydroxylation is 2. The molecule has 0 amide bonds. The van der Waals surface area contributed by atoms with E-state index in [9.17, 15) is 9.59 Å². The summed E-state index contributed by atoms with van der Waals surface area (Å²) < 4.78 is 25.9. The van der Waals surface area contributed by atoms with Crippen molar-refractivity contribution >= 4 is 12.6 Å². The number of aromatic nitrogens is 6. The van der Waals surface area contributed by atoms with E-state index < -0.39 is 0 Å². The standard InChI is InChI=1S/C32H40N6O6/c1-41-31-17-25(21-39)11-13-29(31)43-23-27-19-37(35-33-27)15-9-7-5-3-4-6-8-10-16-38-20-28(34-36-38)24-44-30-14-12-26(22-40)18-32(30)42-2/h11-14,17-22H,3-10,15-16,23-24H2,1-2H3. The molecule has 2 heterocycles. The Hall–Kier alpha value is -4.74. The van der Waals surface area contributed by atoms with Gasteiger partial charge in [-0.3, -0.25) is 19.0 Å². The van der Waals surface area contributed by atoms with Crippen molar-refractivity contribution in [2.24, 2.45) is 0 Å². The highest BCUT2D eigenvalue weighted by molar-refractivity contribution is 5.77. The minimum Gasteiger partial charge on any atom is -0.493 e. The van der Waals surface area contributed by atoms with Crippen LogP contribution >= 0.6 is 0 Å². The normalized spacial score (nSPS) is 10.9. The summed E-state index contributed by atoms with van der Waals surface area (Å²) in [6.07, 6.45) is 14.6. The summed E-state index contributed by atoms with van der Waals surface area (Å²) in [5, 5.41) is 16.8. The highest BCUT2D eigenvalue weighted by atomic mass is 16.5. The zero-order chi connectivity index (χ0) is 31.0. The number of nitrogens with zero attached hydrogens (tertiary/aromatic N) is 6. The van der Waals surface area contributed by atoms with Crippen LogP contribution in [0, 0.1) is 0 Å². The molecule has 0 N–H and O–H groups in total. The van der Waals surface area contributed by atoms with Crippen LogP contribution in [0.15, 0.2) is 48.8 Å². The average Bonchev–Trinajstić information content (AvgIpc) is 3.72. The zero-order valence-corrected chi connectivity index (χ0v) is 25.4. The highest BCUT2D eigenvalue weighted by Gasteiger charge is 2.09. The Morgan fingerprint density at radius 2 is 1.00 bits per heavy atom. The summed E-state index contributed by atoms with van der Waals surface area (Å²) in [6.45, 7) is 2.21. The van der Waals surface area contributed by atoms with Gasteiger partial charge in [0.2, 0.25) is 0 Å². The van der Waals surface area contributed by atoms with E-state index in [0.29, 0.717) is 34.1 Å². The summed E-state index contributed by atoms with van der Waals surface area (Å²) in [5.74, 6) is 2.14. The van der Waals surface area contributed by atoms with Crippen LogP contribution in [0.3, 0.4) is 0 Å². The summed E-state index contributed by atoms with van der Waals surface area (Å²) in [6, 6.07) is 10.1. The fraction of sp³-hybridized carbons (Fsp3) is 0.438. The lowest BCUT2D eigenvalue weighted by molar-refractivity contribution is 0.111. The molecule has 0 fully saturated rings. The molecule has 44 heavy (non-hydrogen) atoms. The fourth-order valence-corrected chi connectivity index (χ4v) is 4.69. The summed E-state index contributed by atoms with van der Waals surface area (Å²) >= 11 is 0. The van der Waals surface area contributed by atoms with Gasteiger partial charge in [-0.2, -0.15) is 0 Å². The maximum Gasteiger partial charge on any atom is 0.161 e. The molecule has 0 aliphatic rings. The molecule has 0 bridgehead atoms. The second-order valence-corrected chi connectivity index (χ2v) is 10.4. The number of carbonyl (C=O) groups excluding carboxylic acids is 2. The molecule has 2 aromatic carbocycles. The van der Waals surface area contributed by atoms with Crippen LogP contribution in [0.2, 0.25) is 0 Å². The Bertz CT molecular complexity index is 1360.